The van der Waals surface area contributed by atoms with E-state index in [-0.39, 0.29) is 17.9 Å². The van der Waals surface area contributed by atoms with Crippen molar-refractivity contribution in [1.82, 2.24) is 9.80 Å². The summed E-state index contributed by atoms with van der Waals surface area (Å²) in [5, 5.41) is 3.50. The lowest BCUT2D eigenvalue weighted by molar-refractivity contribution is -0.133. The smallest absolute Gasteiger partial charge is 0.224 e. The third kappa shape index (κ3) is 4.84. The molecule has 3 rings (SSSR count). The van der Waals surface area contributed by atoms with Crippen LogP contribution in [0.15, 0.2) is 18.2 Å². The summed E-state index contributed by atoms with van der Waals surface area (Å²) < 4.78 is 10.6. The number of carbonyl (C=O) groups excluding carboxylic acids is 2. The van der Waals surface area contributed by atoms with Gasteiger partial charge in [0.25, 0.3) is 0 Å². The zero-order valence-electron chi connectivity index (χ0n) is 16.2. The minimum atomic E-state index is 0.133. The third-order valence-corrected chi connectivity index (χ3v) is 5.30. The van der Waals surface area contributed by atoms with Gasteiger partial charge in [0.15, 0.2) is 11.5 Å². The number of amides is 2. The van der Waals surface area contributed by atoms with E-state index in [1.165, 1.54) is 0 Å². The van der Waals surface area contributed by atoms with Gasteiger partial charge in [-0.3, -0.25) is 9.59 Å². The van der Waals surface area contributed by atoms with Crippen LogP contribution in [-0.4, -0.2) is 68.1 Å². The minimum Gasteiger partial charge on any atom is -0.493 e. The van der Waals surface area contributed by atoms with Crippen LogP contribution in [-0.2, 0) is 9.59 Å². The van der Waals surface area contributed by atoms with E-state index >= 15 is 0 Å². The lowest BCUT2D eigenvalue weighted by Gasteiger charge is -2.34. The molecule has 2 aliphatic rings. The van der Waals surface area contributed by atoms with Crippen molar-refractivity contribution in [3.8, 4) is 11.5 Å². The Balaban J connectivity index is 1.52. The molecule has 7 heteroatoms. The average Bonchev–Trinajstić information content (AvgIpc) is 3.11. The number of likely N-dealkylation sites (tertiary alicyclic amines) is 2. The number of anilines is 1. The van der Waals surface area contributed by atoms with Gasteiger partial charge in [-0.05, 0) is 31.4 Å². The number of hydrogen-bond donors (Lipinski definition) is 1. The Morgan fingerprint density at radius 3 is 2.70 bits per heavy atom. The van der Waals surface area contributed by atoms with E-state index in [4.69, 9.17) is 9.47 Å². The van der Waals surface area contributed by atoms with Gasteiger partial charge in [-0.25, -0.2) is 0 Å². The summed E-state index contributed by atoms with van der Waals surface area (Å²) >= 11 is 0. The molecular formula is C20H29N3O4. The largest absolute Gasteiger partial charge is 0.493 e. The fraction of sp³-hybridized carbons (Fsp3) is 0.600. The first-order valence-corrected chi connectivity index (χ1v) is 9.65. The van der Waals surface area contributed by atoms with Gasteiger partial charge < -0.3 is 24.6 Å². The number of rotatable bonds is 7. The van der Waals surface area contributed by atoms with Crippen LogP contribution < -0.4 is 14.8 Å². The molecule has 0 bridgehead atoms. The van der Waals surface area contributed by atoms with Crippen molar-refractivity contribution in [1.29, 1.82) is 0 Å². The van der Waals surface area contributed by atoms with Crippen LogP contribution >= 0.6 is 0 Å². The second kappa shape index (κ2) is 8.97. The highest BCUT2D eigenvalue weighted by Crippen LogP contribution is 2.30. The molecule has 1 aromatic rings. The quantitative estimate of drug-likeness (QED) is 0.790. The Labute approximate surface area is 160 Å². The van der Waals surface area contributed by atoms with Crippen LogP contribution in [0.3, 0.4) is 0 Å². The highest BCUT2D eigenvalue weighted by atomic mass is 16.5. The third-order valence-electron chi connectivity index (χ3n) is 5.30. The summed E-state index contributed by atoms with van der Waals surface area (Å²) in [7, 11) is 3.24. The molecule has 2 amide bonds. The van der Waals surface area contributed by atoms with Crippen molar-refractivity contribution in [2.45, 2.75) is 38.1 Å². The second-order valence-electron chi connectivity index (χ2n) is 7.13. The molecule has 1 atom stereocenters. The Hall–Kier alpha value is -2.44. The van der Waals surface area contributed by atoms with Gasteiger partial charge in [-0.1, -0.05) is 0 Å². The van der Waals surface area contributed by atoms with E-state index in [0.717, 1.165) is 38.0 Å². The molecule has 2 heterocycles. The number of methoxy groups -OCH3 is 2. The molecule has 0 spiro atoms. The van der Waals surface area contributed by atoms with Gasteiger partial charge in [0, 0.05) is 56.8 Å². The maximum atomic E-state index is 12.6. The Morgan fingerprint density at radius 1 is 1.19 bits per heavy atom. The molecule has 0 aromatic heterocycles. The molecule has 0 radical (unpaired) electrons. The predicted octanol–water partition coefficient (Wildman–Crippen LogP) is 2.12. The summed E-state index contributed by atoms with van der Waals surface area (Å²) in [6, 6.07) is 5.95. The Bertz CT molecular complexity index is 679. The monoisotopic (exact) mass is 375 g/mol. The Kier molecular flexibility index (Phi) is 6.42. The summed E-state index contributed by atoms with van der Waals surface area (Å²) in [6.45, 7) is 2.80. The van der Waals surface area contributed by atoms with Crippen LogP contribution in [0.25, 0.3) is 0 Å². The fourth-order valence-corrected chi connectivity index (χ4v) is 3.81. The van der Waals surface area contributed by atoms with Crippen molar-refractivity contribution >= 4 is 17.5 Å². The Morgan fingerprint density at radius 2 is 2.00 bits per heavy atom. The predicted molar refractivity (Wildman–Crippen MR) is 103 cm³/mol. The molecule has 0 unspecified atom stereocenters. The van der Waals surface area contributed by atoms with Crippen molar-refractivity contribution < 1.29 is 19.1 Å². The molecule has 7 nitrogen and oxygen atoms in total. The SMILES string of the molecule is COc1ccc(N[C@H]2CCCN(C(=O)CCN3CCCC3=O)C2)cc1OC. The molecular weight excluding hydrogens is 346 g/mol. The summed E-state index contributed by atoms with van der Waals surface area (Å²) in [5.41, 5.74) is 0.953. The maximum absolute atomic E-state index is 12.6. The highest BCUT2D eigenvalue weighted by Gasteiger charge is 2.26. The molecule has 1 N–H and O–H groups in total. The number of nitrogens with one attached hydrogen (secondary N) is 1. The number of hydrogen-bond acceptors (Lipinski definition) is 5. The first-order chi connectivity index (χ1) is 13.1. The van der Waals surface area contributed by atoms with Crippen LogP contribution in [0.4, 0.5) is 5.69 Å². The van der Waals surface area contributed by atoms with Gasteiger partial charge in [-0.15, -0.1) is 0 Å². The highest BCUT2D eigenvalue weighted by molar-refractivity contribution is 5.80. The van der Waals surface area contributed by atoms with Crippen molar-refractivity contribution in [3.63, 3.8) is 0 Å². The van der Waals surface area contributed by atoms with Gasteiger partial charge in [0.2, 0.25) is 11.8 Å². The fourth-order valence-electron chi connectivity index (χ4n) is 3.81. The molecule has 2 fully saturated rings. The average molecular weight is 375 g/mol. The molecule has 1 aromatic carbocycles. The summed E-state index contributed by atoms with van der Waals surface area (Å²) in [6.07, 6.45) is 3.93. The number of carbonyl (C=O) groups is 2. The van der Waals surface area contributed by atoms with Gasteiger partial charge in [-0.2, -0.15) is 0 Å². The number of ether oxygens (including phenoxy) is 2. The summed E-state index contributed by atoms with van der Waals surface area (Å²) in [5.74, 6) is 1.68. The van der Waals surface area contributed by atoms with E-state index in [1.807, 2.05) is 23.1 Å². The summed E-state index contributed by atoms with van der Waals surface area (Å²) in [4.78, 5) is 28.0. The minimum absolute atomic E-state index is 0.133. The van der Waals surface area contributed by atoms with Crippen molar-refractivity contribution in [2.75, 3.05) is 45.7 Å². The first-order valence-electron chi connectivity index (χ1n) is 9.65. The van der Waals surface area contributed by atoms with E-state index < -0.39 is 0 Å². The van der Waals surface area contributed by atoms with Crippen LogP contribution in [0.2, 0.25) is 0 Å². The van der Waals surface area contributed by atoms with E-state index in [2.05, 4.69) is 5.32 Å². The number of benzene rings is 1. The molecule has 27 heavy (non-hydrogen) atoms. The van der Waals surface area contributed by atoms with Crippen LogP contribution in [0.5, 0.6) is 11.5 Å². The zero-order chi connectivity index (χ0) is 19.2. The standard InChI is InChI=1S/C20H29N3O4/c1-26-17-8-7-15(13-18(17)27-2)21-16-5-3-11-23(14-16)20(25)9-12-22-10-4-6-19(22)24/h7-8,13,16,21H,3-6,9-12,14H2,1-2H3/t16-/m0/s1. The van der Waals surface area contributed by atoms with Crippen molar-refractivity contribution in [3.05, 3.63) is 18.2 Å². The van der Waals surface area contributed by atoms with E-state index in [9.17, 15) is 9.59 Å². The zero-order valence-corrected chi connectivity index (χ0v) is 16.2. The lowest BCUT2D eigenvalue weighted by Crippen LogP contribution is -2.46. The second-order valence-corrected chi connectivity index (χ2v) is 7.13. The topological polar surface area (TPSA) is 71.1 Å². The molecule has 2 aliphatic heterocycles. The normalized spacial score (nSPS) is 19.9. The van der Waals surface area contributed by atoms with E-state index in [1.54, 1.807) is 19.1 Å². The molecule has 2 saturated heterocycles. The van der Waals surface area contributed by atoms with Gasteiger partial charge in [0.05, 0.1) is 14.2 Å². The van der Waals surface area contributed by atoms with E-state index in [0.29, 0.717) is 37.4 Å². The molecule has 0 aliphatic carbocycles. The number of piperidine rings is 1. The maximum Gasteiger partial charge on any atom is 0.224 e. The van der Waals surface area contributed by atoms with Gasteiger partial charge in [0.1, 0.15) is 0 Å². The first kappa shape index (κ1) is 19.3. The lowest BCUT2D eigenvalue weighted by atomic mass is 10.0. The van der Waals surface area contributed by atoms with Crippen LogP contribution in [0.1, 0.15) is 32.1 Å². The number of nitrogens with zero attached hydrogens (tertiary/aromatic N) is 2. The molecule has 0 saturated carbocycles. The van der Waals surface area contributed by atoms with Crippen LogP contribution in [0, 0.1) is 0 Å². The van der Waals surface area contributed by atoms with Gasteiger partial charge >= 0.3 is 0 Å². The van der Waals surface area contributed by atoms with Crippen molar-refractivity contribution in [2.24, 2.45) is 0 Å². The molecule has 148 valence electrons.